The normalized spacial score (nSPS) is 16.9. The quantitative estimate of drug-likeness (QED) is 0.116. The van der Waals surface area contributed by atoms with Gasteiger partial charge in [-0.2, -0.15) is 5.10 Å². The van der Waals surface area contributed by atoms with Crippen LogP contribution in [0.1, 0.15) is 120 Å². The summed E-state index contributed by atoms with van der Waals surface area (Å²) in [5, 5.41) is 7.71. The lowest BCUT2D eigenvalue weighted by Crippen LogP contribution is -2.26. The summed E-state index contributed by atoms with van der Waals surface area (Å²) in [6.45, 7) is 7.68. The van der Waals surface area contributed by atoms with Crippen LogP contribution in [0.25, 0.3) is 83.2 Å². The van der Waals surface area contributed by atoms with Gasteiger partial charge in [0.25, 0.3) is 0 Å². The monoisotopic (exact) mass is 1430 g/mol. The van der Waals surface area contributed by atoms with Crippen molar-refractivity contribution in [3.63, 3.8) is 0 Å². The standard InChI is InChI=1S/C31H30FN3O3.C26H25FN4O3S.C26H22FN3O2/c32-24-2-4-25(5-3-24)35-28-16-23-18-33-17-22(23)15-27(28)30(31(35)20-7-11-36-12-8-20)21-1-6-29(34-19-21)38-26-9-13-37-14-10-26;1-35(32,33)16-30-15-20(14-29-30)25-23-10-18-12-28-13-19(18)11-24(23)31(22-4-2-21(27)3-5-22)26(25)17-6-8-34-9-7-17;27-20-2-4-21(5-3-20)30-23-12-19-14-28-13-18(19)11-22(23)25(17-1-6-24(31)29-15-17)26(30)16-7-9-32-10-8-16/h1-6,15-16,18-20,26H,7-14,17H2;2-5,10-11,13-15,17H,6-9,12,16H2,1H3;1-6,11-12,14-16H,7-10,13H2,(H,29,31). The molecule has 0 aliphatic carbocycles. The van der Waals surface area contributed by atoms with Gasteiger partial charge in [0.05, 0.1) is 55.6 Å². The Hall–Kier alpha value is -10.4. The maximum absolute atomic E-state index is 14.0. The Kier molecular flexibility index (Phi) is 18.7. The van der Waals surface area contributed by atoms with Crippen LogP contribution in [0, 0.1) is 17.5 Å². The number of hydrogen-bond acceptors (Lipinski definition) is 13. The van der Waals surface area contributed by atoms with Crippen molar-refractivity contribution in [2.45, 2.75) is 101 Å². The van der Waals surface area contributed by atoms with Gasteiger partial charge in [-0.25, -0.2) is 26.6 Å². The summed E-state index contributed by atoms with van der Waals surface area (Å²) in [7, 11) is -3.24. The second kappa shape index (κ2) is 28.9. The molecule has 7 aliphatic heterocycles. The second-order valence-corrected chi connectivity index (χ2v) is 30.2. The zero-order chi connectivity index (χ0) is 71.3. The van der Waals surface area contributed by atoms with Crippen LogP contribution in [0.4, 0.5) is 13.2 Å². The number of fused-ring (bicyclic) bond motifs is 6. The molecule has 0 saturated carbocycles. The lowest BCUT2D eigenvalue weighted by Gasteiger charge is -2.26. The SMILES string of the molecule is CS(=O)(=O)Cn1cc(-c2c(C3CCOCC3)n(-c3ccc(F)cc3)c3cc4c(cc23)CN=C4)cn1.Fc1ccc(-n2c(C3CCOCC3)c(-c3ccc(OC4CCOCC4)nc3)c3cc4c(cc32)C=NC4)cc1.O=c1ccc(-c2c(C3CCOCC3)n(-c3ccc(F)cc3)c3cc4c(cc23)CN=C4)c[nH]1. The number of nitrogens with zero attached hydrogens (tertiary/aromatic N) is 9. The van der Waals surface area contributed by atoms with Crippen molar-refractivity contribution in [1.82, 2.24) is 33.4 Å². The van der Waals surface area contributed by atoms with Gasteiger partial charge in [0, 0.05) is 210 Å². The predicted molar refractivity (Wildman–Crippen MR) is 402 cm³/mol. The van der Waals surface area contributed by atoms with Gasteiger partial charge < -0.3 is 42.4 Å². The number of aromatic nitrogens is 7. The molecule has 22 heteroatoms. The molecule has 0 radical (unpaired) electrons. The molecule has 0 bridgehead atoms. The highest BCUT2D eigenvalue weighted by Crippen LogP contribution is 2.49. The zero-order valence-electron chi connectivity index (χ0n) is 58.0. The van der Waals surface area contributed by atoms with Crippen molar-refractivity contribution in [3.05, 3.63) is 237 Å². The Morgan fingerprint density at radius 3 is 1.25 bits per heavy atom. The van der Waals surface area contributed by atoms with Crippen molar-refractivity contribution >= 4 is 61.2 Å². The van der Waals surface area contributed by atoms with E-state index in [1.165, 1.54) is 80.8 Å². The highest BCUT2D eigenvalue weighted by atomic mass is 32.2. The molecule has 4 saturated heterocycles. The Labute approximate surface area is 604 Å². The van der Waals surface area contributed by atoms with Crippen molar-refractivity contribution in [3.8, 4) is 56.3 Å². The minimum Gasteiger partial charge on any atom is -0.474 e. The smallest absolute Gasteiger partial charge is 0.247 e. The van der Waals surface area contributed by atoms with E-state index in [2.05, 4.69) is 81.2 Å². The molecule has 0 spiro atoms. The molecule has 18 nitrogen and oxygen atoms in total. The molecule has 6 aromatic heterocycles. The van der Waals surface area contributed by atoms with Crippen molar-refractivity contribution in [2.24, 2.45) is 15.0 Å². The molecule has 1 N–H and O–H groups in total. The fourth-order valence-corrected chi connectivity index (χ4v) is 16.9. The molecule has 0 atom stereocenters. The first-order valence-corrected chi connectivity index (χ1v) is 38.1. The van der Waals surface area contributed by atoms with E-state index in [4.69, 9.17) is 28.7 Å². The van der Waals surface area contributed by atoms with E-state index in [1.807, 2.05) is 61.2 Å². The van der Waals surface area contributed by atoms with Gasteiger partial charge in [-0.15, -0.1) is 0 Å². The number of nitrogens with one attached hydrogen (secondary N) is 1. The first-order chi connectivity index (χ1) is 51.3. The van der Waals surface area contributed by atoms with E-state index >= 15 is 0 Å². The highest BCUT2D eigenvalue weighted by molar-refractivity contribution is 7.89. The Morgan fingerprint density at radius 1 is 0.476 bits per heavy atom. The molecule has 0 amide bonds. The molecule has 105 heavy (non-hydrogen) atoms. The lowest BCUT2D eigenvalue weighted by atomic mass is 9.90. The molecule has 7 aliphatic rings. The van der Waals surface area contributed by atoms with Gasteiger partial charge in [-0.05, 0) is 193 Å². The number of ether oxygens (including phenoxy) is 5. The summed E-state index contributed by atoms with van der Waals surface area (Å²) in [4.78, 5) is 32.8. The predicted octanol–water partition coefficient (Wildman–Crippen LogP) is 15.6. The second-order valence-electron chi connectivity index (χ2n) is 28.1. The van der Waals surface area contributed by atoms with Gasteiger partial charge in [0.1, 0.15) is 29.4 Å². The zero-order valence-corrected chi connectivity index (χ0v) is 58.8. The Balaban J connectivity index is 0.000000117. The third kappa shape index (κ3) is 13.7. The number of aromatic amines is 1. The number of aliphatic imine (C=N–C) groups is 3. The number of hydrogen-bond donors (Lipinski definition) is 1. The van der Waals surface area contributed by atoms with E-state index in [1.54, 1.807) is 36.8 Å². The average molecular weight is 1430 g/mol. The van der Waals surface area contributed by atoms with Crippen LogP contribution < -0.4 is 10.3 Å². The van der Waals surface area contributed by atoms with Gasteiger partial charge in [-0.1, -0.05) is 0 Å². The van der Waals surface area contributed by atoms with Crippen LogP contribution in [0.2, 0.25) is 0 Å². The molecule has 534 valence electrons. The van der Waals surface area contributed by atoms with E-state index in [0.29, 0.717) is 57.9 Å². The minimum atomic E-state index is -3.24. The van der Waals surface area contributed by atoms with Gasteiger partial charge in [-0.3, -0.25) is 24.5 Å². The molecular formula is C83H77F3N10O8S. The fraction of sp³-hybridized carbons (Fsp3) is 0.301. The molecule has 12 aromatic rings. The third-order valence-electron chi connectivity index (χ3n) is 21.2. The lowest BCUT2D eigenvalue weighted by molar-refractivity contribution is 0.0237. The summed E-state index contributed by atoms with van der Waals surface area (Å²) < 4.78 is 102. The molecule has 4 fully saturated rings. The third-order valence-corrected chi connectivity index (χ3v) is 21.9. The Bertz CT molecular complexity index is 5520. The number of pyridine rings is 2. The van der Waals surface area contributed by atoms with Gasteiger partial charge >= 0.3 is 0 Å². The molecule has 0 unspecified atom stereocenters. The van der Waals surface area contributed by atoms with Crippen LogP contribution in [0.15, 0.2) is 178 Å². The van der Waals surface area contributed by atoms with Crippen molar-refractivity contribution < 1.29 is 45.3 Å². The number of H-pyrrole nitrogens is 1. The fourth-order valence-electron chi connectivity index (χ4n) is 16.3. The van der Waals surface area contributed by atoms with E-state index in [0.717, 1.165) is 178 Å². The number of rotatable bonds is 13. The summed E-state index contributed by atoms with van der Waals surface area (Å²) in [6.07, 6.45) is 21.6. The van der Waals surface area contributed by atoms with Crippen LogP contribution in [0.5, 0.6) is 5.88 Å². The van der Waals surface area contributed by atoms with E-state index < -0.39 is 9.84 Å². The van der Waals surface area contributed by atoms with Crippen molar-refractivity contribution in [1.29, 1.82) is 0 Å². The number of benzene rings is 6. The molecule has 6 aromatic carbocycles. The number of halogens is 3. The van der Waals surface area contributed by atoms with Crippen molar-refractivity contribution in [2.75, 3.05) is 59.1 Å². The molecular weight excluding hydrogens is 1350 g/mol. The van der Waals surface area contributed by atoms with Gasteiger partial charge in [0.15, 0.2) is 9.84 Å². The largest absolute Gasteiger partial charge is 0.474 e. The highest BCUT2D eigenvalue weighted by Gasteiger charge is 2.34. The summed E-state index contributed by atoms with van der Waals surface area (Å²) in [5.74, 6) is 0.488. The van der Waals surface area contributed by atoms with Crippen LogP contribution >= 0.6 is 0 Å². The van der Waals surface area contributed by atoms with Gasteiger partial charge in [0.2, 0.25) is 11.4 Å². The first kappa shape index (κ1) is 67.8. The van der Waals surface area contributed by atoms with Crippen LogP contribution in [-0.4, -0.2) is 126 Å². The maximum atomic E-state index is 14.0. The first-order valence-electron chi connectivity index (χ1n) is 36.1. The van der Waals surface area contributed by atoms with Crippen LogP contribution in [0.3, 0.4) is 0 Å². The summed E-state index contributed by atoms with van der Waals surface area (Å²) >= 11 is 0. The van der Waals surface area contributed by atoms with Crippen LogP contribution in [-0.2, 0) is 54.3 Å². The van der Waals surface area contributed by atoms with E-state index in [9.17, 15) is 26.4 Å². The topological polar surface area (TPSA) is 196 Å². The minimum absolute atomic E-state index is 0.127. The maximum Gasteiger partial charge on any atom is 0.247 e. The molecule has 13 heterocycles. The Morgan fingerprint density at radius 2 is 0.867 bits per heavy atom. The molecule has 19 rings (SSSR count). The summed E-state index contributed by atoms with van der Waals surface area (Å²) in [6, 6.07) is 40.8. The number of sulfone groups is 1. The summed E-state index contributed by atoms with van der Waals surface area (Å²) in [5.41, 5.74) is 22.4. The average Bonchev–Trinajstić information content (AvgIpc) is 1.60. The van der Waals surface area contributed by atoms with E-state index in [-0.39, 0.29) is 46.8 Å².